The quantitative estimate of drug-likeness (QED) is 0.381. The molecule has 0 amide bonds. The van der Waals surface area contributed by atoms with Gasteiger partial charge in [0.1, 0.15) is 6.10 Å². The number of ether oxygens (including phenoxy) is 1. The predicted octanol–water partition coefficient (Wildman–Crippen LogP) is 3.68. The summed E-state index contributed by atoms with van der Waals surface area (Å²) in [5.41, 5.74) is 2.59. The number of likely N-dealkylation sites (tertiary alicyclic amines) is 1. The van der Waals surface area contributed by atoms with E-state index in [9.17, 15) is 0 Å². The van der Waals surface area contributed by atoms with E-state index in [0.29, 0.717) is 0 Å². The van der Waals surface area contributed by atoms with Crippen LogP contribution in [-0.2, 0) is 4.74 Å². The molecule has 0 aliphatic carbocycles. The van der Waals surface area contributed by atoms with Gasteiger partial charge < -0.3 is 19.9 Å². The summed E-state index contributed by atoms with van der Waals surface area (Å²) in [7, 11) is 1.89. The maximum absolute atomic E-state index is 6.06. The van der Waals surface area contributed by atoms with E-state index in [1.807, 2.05) is 7.05 Å². The van der Waals surface area contributed by atoms with E-state index in [2.05, 4.69) is 58.2 Å². The third kappa shape index (κ3) is 6.32. The van der Waals surface area contributed by atoms with Crippen molar-refractivity contribution in [3.8, 4) is 0 Å². The lowest BCUT2D eigenvalue weighted by Gasteiger charge is -2.36. The molecule has 2 aliphatic heterocycles. The SMILES string of the molecule is CCN1CCC(CCNC(=NC)N2CCOC(c3ccccc3C)C2)CC1.I. The second-order valence-electron chi connectivity index (χ2n) is 7.80. The molecule has 2 aliphatic rings. The number of benzene rings is 1. The van der Waals surface area contributed by atoms with Crippen LogP contribution in [0.4, 0.5) is 0 Å². The predicted molar refractivity (Wildman–Crippen MR) is 128 cm³/mol. The molecule has 6 heteroatoms. The highest BCUT2D eigenvalue weighted by Gasteiger charge is 2.25. The van der Waals surface area contributed by atoms with Gasteiger partial charge in [-0.25, -0.2) is 0 Å². The Hall–Kier alpha value is -0.860. The Morgan fingerprint density at radius 3 is 2.64 bits per heavy atom. The van der Waals surface area contributed by atoms with E-state index >= 15 is 0 Å². The van der Waals surface area contributed by atoms with Crippen LogP contribution in [0.15, 0.2) is 29.3 Å². The van der Waals surface area contributed by atoms with Gasteiger partial charge >= 0.3 is 0 Å². The van der Waals surface area contributed by atoms with Crippen LogP contribution in [0.1, 0.15) is 43.4 Å². The normalized spacial score (nSPS) is 22.0. The van der Waals surface area contributed by atoms with E-state index in [0.717, 1.165) is 38.1 Å². The van der Waals surface area contributed by atoms with E-state index in [1.54, 1.807) is 0 Å². The van der Waals surface area contributed by atoms with Gasteiger partial charge in [0.2, 0.25) is 0 Å². The van der Waals surface area contributed by atoms with Crippen LogP contribution < -0.4 is 5.32 Å². The number of morpholine rings is 1. The first-order valence-electron chi connectivity index (χ1n) is 10.6. The lowest BCUT2D eigenvalue weighted by molar-refractivity contribution is -0.00833. The van der Waals surface area contributed by atoms with Crippen molar-refractivity contribution in [1.82, 2.24) is 15.1 Å². The summed E-state index contributed by atoms with van der Waals surface area (Å²) >= 11 is 0. The molecule has 0 saturated carbocycles. The number of rotatable bonds is 5. The number of piperidine rings is 1. The molecule has 2 fully saturated rings. The Balaban J connectivity index is 0.00000280. The van der Waals surface area contributed by atoms with Crippen LogP contribution >= 0.6 is 24.0 Å². The Morgan fingerprint density at radius 1 is 1.21 bits per heavy atom. The molecule has 2 heterocycles. The Kier molecular flexibility index (Phi) is 10.0. The minimum Gasteiger partial charge on any atom is -0.370 e. The topological polar surface area (TPSA) is 40.1 Å². The maximum atomic E-state index is 6.06. The van der Waals surface area contributed by atoms with Crippen LogP contribution in [0.25, 0.3) is 0 Å². The molecular weight excluding hydrogens is 463 g/mol. The average molecular weight is 500 g/mol. The van der Waals surface area contributed by atoms with Gasteiger partial charge in [-0.2, -0.15) is 0 Å². The third-order valence-corrected chi connectivity index (χ3v) is 6.10. The first-order chi connectivity index (χ1) is 13.2. The second kappa shape index (κ2) is 12.0. The Morgan fingerprint density at radius 2 is 1.96 bits per heavy atom. The molecule has 1 unspecified atom stereocenters. The number of hydrogen-bond donors (Lipinski definition) is 1. The molecule has 0 spiro atoms. The molecule has 1 atom stereocenters. The molecule has 5 nitrogen and oxygen atoms in total. The van der Waals surface area contributed by atoms with E-state index < -0.39 is 0 Å². The van der Waals surface area contributed by atoms with Gasteiger partial charge in [0.25, 0.3) is 0 Å². The van der Waals surface area contributed by atoms with Gasteiger partial charge in [-0.1, -0.05) is 31.2 Å². The van der Waals surface area contributed by atoms with Crippen LogP contribution in [0.5, 0.6) is 0 Å². The largest absolute Gasteiger partial charge is 0.370 e. The summed E-state index contributed by atoms with van der Waals surface area (Å²) < 4.78 is 6.06. The highest BCUT2D eigenvalue weighted by atomic mass is 127. The molecule has 2 saturated heterocycles. The fraction of sp³-hybridized carbons (Fsp3) is 0.682. The van der Waals surface area contributed by atoms with Crippen LogP contribution in [0, 0.1) is 12.8 Å². The number of halogens is 1. The summed E-state index contributed by atoms with van der Waals surface area (Å²) in [6.45, 7) is 11.7. The average Bonchev–Trinajstić information content (AvgIpc) is 2.72. The van der Waals surface area contributed by atoms with Gasteiger partial charge in [-0.05, 0) is 62.9 Å². The van der Waals surface area contributed by atoms with Gasteiger partial charge in [-0.3, -0.25) is 4.99 Å². The van der Waals surface area contributed by atoms with Crippen molar-refractivity contribution in [2.45, 2.75) is 39.2 Å². The van der Waals surface area contributed by atoms with E-state index in [-0.39, 0.29) is 30.1 Å². The van der Waals surface area contributed by atoms with Crippen molar-refractivity contribution in [2.24, 2.45) is 10.9 Å². The van der Waals surface area contributed by atoms with Crippen molar-refractivity contribution in [3.05, 3.63) is 35.4 Å². The second-order valence-corrected chi connectivity index (χ2v) is 7.80. The monoisotopic (exact) mass is 500 g/mol. The highest BCUT2D eigenvalue weighted by molar-refractivity contribution is 14.0. The third-order valence-electron chi connectivity index (χ3n) is 6.10. The minimum absolute atomic E-state index is 0. The molecule has 3 rings (SSSR count). The van der Waals surface area contributed by atoms with Gasteiger partial charge in [0.05, 0.1) is 13.2 Å². The zero-order chi connectivity index (χ0) is 19.1. The van der Waals surface area contributed by atoms with Gasteiger partial charge in [0, 0.05) is 20.1 Å². The number of hydrogen-bond acceptors (Lipinski definition) is 3. The highest BCUT2D eigenvalue weighted by Crippen LogP contribution is 2.25. The molecule has 28 heavy (non-hydrogen) atoms. The first kappa shape index (κ1) is 23.4. The van der Waals surface area contributed by atoms with E-state index in [1.165, 1.54) is 50.0 Å². The van der Waals surface area contributed by atoms with E-state index in [4.69, 9.17) is 4.74 Å². The van der Waals surface area contributed by atoms with Gasteiger partial charge in [-0.15, -0.1) is 24.0 Å². The smallest absolute Gasteiger partial charge is 0.193 e. The summed E-state index contributed by atoms with van der Waals surface area (Å²) in [5, 5.41) is 3.61. The number of nitrogens with zero attached hydrogens (tertiary/aromatic N) is 3. The molecule has 0 aromatic heterocycles. The first-order valence-corrected chi connectivity index (χ1v) is 10.6. The fourth-order valence-electron chi connectivity index (χ4n) is 4.29. The van der Waals surface area contributed by atoms with Crippen molar-refractivity contribution in [1.29, 1.82) is 0 Å². The number of aryl methyl sites for hydroxylation is 1. The number of guanidine groups is 1. The fourth-order valence-corrected chi connectivity index (χ4v) is 4.29. The summed E-state index contributed by atoms with van der Waals surface area (Å²) in [5.74, 6) is 1.87. The standard InChI is InChI=1S/C22H36N4O.HI/c1-4-25-13-10-19(11-14-25)9-12-24-22(23-3)26-15-16-27-21(17-26)20-8-6-5-7-18(20)2;/h5-8,19,21H,4,9-17H2,1-3H3,(H,23,24);1H. The Bertz CT molecular complexity index is 616. The van der Waals surface area contributed by atoms with Crippen LogP contribution in [-0.4, -0.2) is 68.7 Å². The number of nitrogens with one attached hydrogen (secondary N) is 1. The zero-order valence-corrected chi connectivity index (χ0v) is 20.0. The van der Waals surface area contributed by atoms with Crippen molar-refractivity contribution in [2.75, 3.05) is 52.9 Å². The van der Waals surface area contributed by atoms with Crippen LogP contribution in [0.3, 0.4) is 0 Å². The minimum atomic E-state index is 0. The Labute approximate surface area is 187 Å². The maximum Gasteiger partial charge on any atom is 0.193 e. The zero-order valence-electron chi connectivity index (χ0n) is 17.7. The summed E-state index contributed by atoms with van der Waals surface area (Å²) in [6.07, 6.45) is 4.03. The number of aliphatic imine (C=N–C) groups is 1. The van der Waals surface area contributed by atoms with Crippen molar-refractivity contribution < 1.29 is 4.74 Å². The molecule has 0 radical (unpaired) electrons. The molecule has 158 valence electrons. The van der Waals surface area contributed by atoms with Crippen LogP contribution in [0.2, 0.25) is 0 Å². The van der Waals surface area contributed by atoms with Crippen molar-refractivity contribution in [3.63, 3.8) is 0 Å². The molecule has 0 bridgehead atoms. The van der Waals surface area contributed by atoms with Gasteiger partial charge in [0.15, 0.2) is 5.96 Å². The summed E-state index contributed by atoms with van der Waals surface area (Å²) in [4.78, 5) is 9.44. The lowest BCUT2D eigenvalue weighted by atomic mass is 9.93. The lowest BCUT2D eigenvalue weighted by Crippen LogP contribution is -2.48. The molecular formula is C22H37IN4O. The summed E-state index contributed by atoms with van der Waals surface area (Å²) in [6, 6.07) is 8.53. The molecule has 1 aromatic rings. The van der Waals surface area contributed by atoms with Crippen molar-refractivity contribution >= 4 is 29.9 Å². The molecule has 1 aromatic carbocycles. The molecule has 1 N–H and O–H groups in total.